The second kappa shape index (κ2) is 6.77. The van der Waals surface area contributed by atoms with Crippen LogP contribution in [0, 0.1) is 5.92 Å². The van der Waals surface area contributed by atoms with Gasteiger partial charge in [0.2, 0.25) is 0 Å². The van der Waals surface area contributed by atoms with Crippen molar-refractivity contribution in [2.45, 2.75) is 58.9 Å². The summed E-state index contributed by atoms with van der Waals surface area (Å²) in [5.74, 6) is 0.539. The zero-order valence-electron chi connectivity index (χ0n) is 11.0. The molecule has 1 N–H and O–H groups in total. The van der Waals surface area contributed by atoms with Crippen molar-refractivity contribution >= 4 is 6.03 Å². The van der Waals surface area contributed by atoms with Crippen LogP contribution >= 0.6 is 0 Å². The Hall–Kier alpha value is -0.730. The Balaban J connectivity index is 2.35. The molecular weight excluding hydrogens is 200 g/mol. The van der Waals surface area contributed by atoms with Gasteiger partial charge in [-0.15, -0.1) is 0 Å². The summed E-state index contributed by atoms with van der Waals surface area (Å²) < 4.78 is 0. The summed E-state index contributed by atoms with van der Waals surface area (Å²) in [6.45, 7) is 8.00. The highest BCUT2D eigenvalue weighted by Crippen LogP contribution is 2.17. The molecule has 1 saturated carbocycles. The van der Waals surface area contributed by atoms with Gasteiger partial charge in [-0.25, -0.2) is 4.79 Å². The average molecular weight is 226 g/mol. The van der Waals surface area contributed by atoms with E-state index in [9.17, 15) is 4.79 Å². The van der Waals surface area contributed by atoms with E-state index < -0.39 is 0 Å². The monoisotopic (exact) mass is 226 g/mol. The Morgan fingerprint density at radius 2 is 1.94 bits per heavy atom. The van der Waals surface area contributed by atoms with Crippen LogP contribution in [-0.4, -0.2) is 30.1 Å². The first-order chi connectivity index (χ1) is 7.63. The summed E-state index contributed by atoms with van der Waals surface area (Å²) in [6.07, 6.45) is 6.17. The van der Waals surface area contributed by atoms with Crippen molar-refractivity contribution in [2.75, 3.05) is 13.1 Å². The molecule has 0 saturated heterocycles. The summed E-state index contributed by atoms with van der Waals surface area (Å²) in [7, 11) is 0. The second-order valence-corrected chi connectivity index (χ2v) is 5.22. The lowest BCUT2D eigenvalue weighted by molar-refractivity contribution is 0.186. The number of carbonyl (C=O) groups is 1. The number of nitrogens with one attached hydrogen (secondary N) is 1. The van der Waals surface area contributed by atoms with Gasteiger partial charge in [0.05, 0.1) is 0 Å². The van der Waals surface area contributed by atoms with Crippen molar-refractivity contribution in [2.24, 2.45) is 5.92 Å². The third-order valence-corrected chi connectivity index (χ3v) is 3.19. The van der Waals surface area contributed by atoms with Gasteiger partial charge in [0.25, 0.3) is 0 Å². The molecule has 1 aliphatic rings. The second-order valence-electron chi connectivity index (χ2n) is 5.22. The van der Waals surface area contributed by atoms with Crippen LogP contribution < -0.4 is 5.32 Å². The molecule has 0 aromatic carbocycles. The van der Waals surface area contributed by atoms with Crippen LogP contribution in [0.1, 0.15) is 52.9 Å². The molecule has 0 aromatic heterocycles. The summed E-state index contributed by atoms with van der Waals surface area (Å²) in [5.41, 5.74) is 0. The summed E-state index contributed by atoms with van der Waals surface area (Å²) in [5, 5.41) is 3.16. The molecule has 0 aliphatic heterocycles. The molecule has 0 unspecified atom stereocenters. The van der Waals surface area contributed by atoms with Gasteiger partial charge in [0, 0.05) is 19.1 Å². The van der Waals surface area contributed by atoms with E-state index in [0.717, 1.165) is 25.9 Å². The van der Waals surface area contributed by atoms with Gasteiger partial charge in [0.15, 0.2) is 0 Å². The maximum atomic E-state index is 12.0. The van der Waals surface area contributed by atoms with Crippen LogP contribution in [0.4, 0.5) is 4.79 Å². The van der Waals surface area contributed by atoms with Crippen LogP contribution in [0.15, 0.2) is 0 Å². The number of amides is 2. The minimum atomic E-state index is 0.128. The molecule has 2 amide bonds. The van der Waals surface area contributed by atoms with E-state index >= 15 is 0 Å². The summed E-state index contributed by atoms with van der Waals surface area (Å²) in [4.78, 5) is 13.9. The van der Waals surface area contributed by atoms with Crippen LogP contribution in [0.3, 0.4) is 0 Å². The molecule has 94 valence electrons. The molecule has 16 heavy (non-hydrogen) atoms. The zero-order valence-corrected chi connectivity index (χ0v) is 11.0. The lowest BCUT2D eigenvalue weighted by Crippen LogP contribution is -2.46. The van der Waals surface area contributed by atoms with Crippen LogP contribution in [0.25, 0.3) is 0 Å². The topological polar surface area (TPSA) is 32.3 Å². The molecule has 0 heterocycles. The van der Waals surface area contributed by atoms with Crippen molar-refractivity contribution in [3.63, 3.8) is 0 Å². The molecule has 0 aromatic rings. The van der Waals surface area contributed by atoms with E-state index in [2.05, 4.69) is 19.2 Å². The third-order valence-electron chi connectivity index (χ3n) is 3.19. The highest BCUT2D eigenvalue weighted by molar-refractivity contribution is 5.74. The average Bonchev–Trinajstić information content (AvgIpc) is 2.26. The summed E-state index contributed by atoms with van der Waals surface area (Å²) >= 11 is 0. The fourth-order valence-corrected chi connectivity index (χ4v) is 2.31. The van der Waals surface area contributed by atoms with Gasteiger partial charge in [0.1, 0.15) is 0 Å². The zero-order chi connectivity index (χ0) is 12.0. The minimum Gasteiger partial charge on any atom is -0.335 e. The maximum Gasteiger partial charge on any atom is 0.317 e. The normalized spacial score (nSPS) is 17.5. The van der Waals surface area contributed by atoms with E-state index in [1.54, 1.807) is 0 Å². The van der Waals surface area contributed by atoms with Crippen molar-refractivity contribution in [3.8, 4) is 0 Å². The quantitative estimate of drug-likeness (QED) is 0.785. The number of rotatable bonds is 4. The van der Waals surface area contributed by atoms with Crippen molar-refractivity contribution in [3.05, 3.63) is 0 Å². The van der Waals surface area contributed by atoms with Crippen LogP contribution in [0.2, 0.25) is 0 Å². The molecule has 0 radical (unpaired) electrons. The Bertz CT molecular complexity index is 210. The van der Waals surface area contributed by atoms with Gasteiger partial charge in [-0.05, 0) is 25.7 Å². The van der Waals surface area contributed by atoms with Crippen LogP contribution in [-0.2, 0) is 0 Å². The molecule has 1 rings (SSSR count). The van der Waals surface area contributed by atoms with Crippen molar-refractivity contribution in [1.29, 1.82) is 0 Å². The van der Waals surface area contributed by atoms with Crippen molar-refractivity contribution in [1.82, 2.24) is 10.2 Å². The predicted molar refractivity (Wildman–Crippen MR) is 67.5 cm³/mol. The molecule has 3 nitrogen and oxygen atoms in total. The van der Waals surface area contributed by atoms with E-state index in [1.807, 2.05) is 11.8 Å². The van der Waals surface area contributed by atoms with Gasteiger partial charge >= 0.3 is 6.03 Å². The van der Waals surface area contributed by atoms with E-state index in [4.69, 9.17) is 0 Å². The minimum absolute atomic E-state index is 0.128. The lowest BCUT2D eigenvalue weighted by atomic mass is 9.96. The van der Waals surface area contributed by atoms with Crippen LogP contribution in [0.5, 0.6) is 0 Å². The van der Waals surface area contributed by atoms with E-state index in [1.165, 1.54) is 19.3 Å². The molecule has 0 spiro atoms. The van der Waals surface area contributed by atoms with E-state index in [-0.39, 0.29) is 6.03 Å². The number of carbonyl (C=O) groups excluding carboxylic acids is 1. The fraction of sp³-hybridized carbons (Fsp3) is 0.923. The standard InChI is InChI=1S/C13H26N2O/c1-4-15(10-11(2)3)13(16)14-12-8-6-5-7-9-12/h11-12H,4-10H2,1-3H3,(H,14,16). The first-order valence-electron chi connectivity index (χ1n) is 6.69. The fourth-order valence-electron chi connectivity index (χ4n) is 2.31. The SMILES string of the molecule is CCN(CC(C)C)C(=O)NC1CCCCC1. The molecular formula is C13H26N2O. The smallest absolute Gasteiger partial charge is 0.317 e. The number of hydrogen-bond donors (Lipinski definition) is 1. The predicted octanol–water partition coefficient (Wildman–Crippen LogP) is 3.01. The molecule has 0 atom stereocenters. The van der Waals surface area contributed by atoms with Gasteiger partial charge in [-0.1, -0.05) is 33.1 Å². The largest absolute Gasteiger partial charge is 0.335 e. The molecule has 1 fully saturated rings. The molecule has 1 aliphatic carbocycles. The highest BCUT2D eigenvalue weighted by Gasteiger charge is 2.19. The van der Waals surface area contributed by atoms with E-state index in [0.29, 0.717) is 12.0 Å². The first kappa shape index (κ1) is 13.3. The number of nitrogens with zero attached hydrogens (tertiary/aromatic N) is 1. The molecule has 3 heteroatoms. The van der Waals surface area contributed by atoms with Gasteiger partial charge in [-0.2, -0.15) is 0 Å². The number of urea groups is 1. The van der Waals surface area contributed by atoms with Gasteiger partial charge in [-0.3, -0.25) is 0 Å². The highest BCUT2D eigenvalue weighted by atomic mass is 16.2. The third kappa shape index (κ3) is 4.42. The molecule has 0 bridgehead atoms. The van der Waals surface area contributed by atoms with Gasteiger partial charge < -0.3 is 10.2 Å². The Kier molecular flexibility index (Phi) is 5.64. The van der Waals surface area contributed by atoms with Crippen molar-refractivity contribution < 1.29 is 4.79 Å². The Labute approximate surface area is 99.6 Å². The lowest BCUT2D eigenvalue weighted by Gasteiger charge is -2.28. The first-order valence-corrected chi connectivity index (χ1v) is 6.69. The summed E-state index contributed by atoms with van der Waals surface area (Å²) in [6, 6.07) is 0.547. The Morgan fingerprint density at radius 3 is 2.44 bits per heavy atom. The Morgan fingerprint density at radius 1 is 1.31 bits per heavy atom. The number of hydrogen-bond acceptors (Lipinski definition) is 1. The maximum absolute atomic E-state index is 12.0.